The zero-order valence-corrected chi connectivity index (χ0v) is 14.3. The van der Waals surface area contributed by atoms with E-state index < -0.39 is 0 Å². The minimum absolute atomic E-state index is 0.00100. The topological polar surface area (TPSA) is 46.9 Å². The first-order valence-electron chi connectivity index (χ1n) is 8.73. The molecule has 1 amide bonds. The molecule has 4 heteroatoms. The number of aromatic nitrogens is 2. The molecule has 0 atom stereocenters. The fourth-order valence-electron chi connectivity index (χ4n) is 3.43. The highest BCUT2D eigenvalue weighted by Crippen LogP contribution is 2.31. The molecule has 0 saturated heterocycles. The molecule has 3 aromatic rings. The molecule has 0 fully saturated rings. The van der Waals surface area contributed by atoms with Crippen molar-refractivity contribution in [2.45, 2.75) is 32.6 Å². The number of carbonyl (C=O) groups excluding carboxylic acids is 1. The van der Waals surface area contributed by atoms with E-state index in [4.69, 9.17) is 5.10 Å². The molecule has 1 aliphatic carbocycles. The highest BCUT2D eigenvalue weighted by molar-refractivity contribution is 5.93. The lowest BCUT2D eigenvalue weighted by molar-refractivity contribution is -0.115. The van der Waals surface area contributed by atoms with Crippen LogP contribution in [0.3, 0.4) is 0 Å². The average Bonchev–Trinajstić information content (AvgIpc) is 3.20. The standard InChI is InChI=1S/C21H21N3O/c1-15-8-5-6-9-16(15)14-20(25)22-21-18-12-7-13-19(18)23-24(21)17-10-3-2-4-11-17/h2-6,8-11H,7,12-14H2,1H3,(H,22,25). The molecule has 4 nitrogen and oxygen atoms in total. The largest absolute Gasteiger partial charge is 0.310 e. The molecule has 0 radical (unpaired) electrons. The van der Waals surface area contributed by atoms with Crippen LogP contribution in [0.2, 0.25) is 0 Å². The van der Waals surface area contributed by atoms with Gasteiger partial charge in [0.15, 0.2) is 0 Å². The number of rotatable bonds is 4. The molecule has 1 aliphatic rings. The predicted molar refractivity (Wildman–Crippen MR) is 99.1 cm³/mol. The van der Waals surface area contributed by atoms with Crippen molar-refractivity contribution in [2.75, 3.05) is 5.32 Å². The third-order valence-corrected chi connectivity index (χ3v) is 4.78. The zero-order chi connectivity index (χ0) is 17.2. The van der Waals surface area contributed by atoms with Gasteiger partial charge < -0.3 is 5.32 Å². The molecule has 0 aliphatic heterocycles. The number of hydrogen-bond donors (Lipinski definition) is 1. The summed E-state index contributed by atoms with van der Waals surface area (Å²) < 4.78 is 1.87. The summed E-state index contributed by atoms with van der Waals surface area (Å²) in [6.45, 7) is 2.04. The molecule has 1 aromatic heterocycles. The molecule has 2 aromatic carbocycles. The highest BCUT2D eigenvalue weighted by Gasteiger charge is 2.24. The van der Waals surface area contributed by atoms with Crippen molar-refractivity contribution in [1.29, 1.82) is 0 Å². The average molecular weight is 331 g/mol. The molecule has 0 saturated carbocycles. The van der Waals surface area contributed by atoms with Crippen molar-refractivity contribution in [2.24, 2.45) is 0 Å². The Morgan fingerprint density at radius 2 is 1.84 bits per heavy atom. The van der Waals surface area contributed by atoms with E-state index in [0.29, 0.717) is 6.42 Å². The third kappa shape index (κ3) is 3.07. The van der Waals surface area contributed by atoms with Gasteiger partial charge in [0, 0.05) is 5.56 Å². The summed E-state index contributed by atoms with van der Waals surface area (Å²) in [7, 11) is 0. The van der Waals surface area contributed by atoms with Crippen LogP contribution in [0.15, 0.2) is 54.6 Å². The minimum atomic E-state index is 0.00100. The lowest BCUT2D eigenvalue weighted by Crippen LogP contribution is -2.18. The smallest absolute Gasteiger partial charge is 0.229 e. The second-order valence-corrected chi connectivity index (χ2v) is 6.53. The SMILES string of the molecule is Cc1ccccc1CC(=O)Nc1c2c(nn1-c1ccccc1)CCC2. The molecular weight excluding hydrogens is 310 g/mol. The molecular formula is C21H21N3O. The Bertz CT molecular complexity index is 912. The van der Waals surface area contributed by atoms with Crippen LogP contribution in [0.25, 0.3) is 5.69 Å². The third-order valence-electron chi connectivity index (χ3n) is 4.78. The Morgan fingerprint density at radius 1 is 1.08 bits per heavy atom. The van der Waals surface area contributed by atoms with E-state index in [1.165, 1.54) is 5.56 Å². The summed E-state index contributed by atoms with van der Waals surface area (Å²) >= 11 is 0. The zero-order valence-electron chi connectivity index (χ0n) is 14.3. The van der Waals surface area contributed by atoms with E-state index in [9.17, 15) is 4.79 Å². The highest BCUT2D eigenvalue weighted by atomic mass is 16.1. The molecule has 1 N–H and O–H groups in total. The van der Waals surface area contributed by atoms with Crippen molar-refractivity contribution in [3.05, 3.63) is 77.0 Å². The monoisotopic (exact) mass is 331 g/mol. The van der Waals surface area contributed by atoms with Gasteiger partial charge in [-0.3, -0.25) is 4.79 Å². The number of para-hydroxylation sites is 1. The summed E-state index contributed by atoms with van der Waals surface area (Å²) in [5, 5.41) is 7.87. The van der Waals surface area contributed by atoms with Gasteiger partial charge in [0.1, 0.15) is 5.82 Å². The van der Waals surface area contributed by atoms with Gasteiger partial charge in [-0.15, -0.1) is 0 Å². The number of benzene rings is 2. The number of nitrogens with zero attached hydrogens (tertiary/aromatic N) is 2. The number of anilines is 1. The van der Waals surface area contributed by atoms with Crippen LogP contribution >= 0.6 is 0 Å². The van der Waals surface area contributed by atoms with Crippen LogP contribution in [0.1, 0.15) is 28.8 Å². The Balaban J connectivity index is 1.64. The lowest BCUT2D eigenvalue weighted by atomic mass is 10.1. The summed E-state index contributed by atoms with van der Waals surface area (Å²) in [5.41, 5.74) is 5.46. The van der Waals surface area contributed by atoms with Crippen molar-refractivity contribution in [3.8, 4) is 5.69 Å². The Kier molecular flexibility index (Phi) is 4.10. The van der Waals surface area contributed by atoms with Gasteiger partial charge in [-0.05, 0) is 49.4 Å². The van der Waals surface area contributed by atoms with Crippen LogP contribution in [-0.2, 0) is 24.1 Å². The van der Waals surface area contributed by atoms with E-state index in [1.54, 1.807) is 0 Å². The summed E-state index contributed by atoms with van der Waals surface area (Å²) in [6, 6.07) is 18.0. The Hall–Kier alpha value is -2.88. The number of carbonyl (C=O) groups is 1. The first kappa shape index (κ1) is 15.6. The van der Waals surface area contributed by atoms with E-state index >= 15 is 0 Å². The second kappa shape index (κ2) is 6.55. The first-order valence-corrected chi connectivity index (χ1v) is 8.73. The normalized spacial score (nSPS) is 12.8. The number of hydrogen-bond acceptors (Lipinski definition) is 2. The molecule has 0 unspecified atom stereocenters. The number of nitrogens with one attached hydrogen (secondary N) is 1. The maximum Gasteiger partial charge on any atom is 0.229 e. The van der Waals surface area contributed by atoms with Gasteiger partial charge in [-0.2, -0.15) is 5.10 Å². The lowest BCUT2D eigenvalue weighted by Gasteiger charge is -2.12. The molecule has 0 bridgehead atoms. The van der Waals surface area contributed by atoms with Gasteiger partial charge in [-0.25, -0.2) is 4.68 Å². The van der Waals surface area contributed by atoms with Gasteiger partial charge in [-0.1, -0.05) is 42.5 Å². The fourth-order valence-corrected chi connectivity index (χ4v) is 3.43. The van der Waals surface area contributed by atoms with E-state index in [0.717, 1.165) is 47.6 Å². The van der Waals surface area contributed by atoms with Crippen molar-refractivity contribution >= 4 is 11.7 Å². The maximum atomic E-state index is 12.7. The minimum Gasteiger partial charge on any atom is -0.310 e. The molecule has 126 valence electrons. The number of amides is 1. The van der Waals surface area contributed by atoms with Crippen molar-refractivity contribution < 1.29 is 4.79 Å². The van der Waals surface area contributed by atoms with Crippen molar-refractivity contribution in [3.63, 3.8) is 0 Å². The van der Waals surface area contributed by atoms with E-state index in [2.05, 4.69) is 5.32 Å². The van der Waals surface area contributed by atoms with E-state index in [-0.39, 0.29) is 5.91 Å². The molecule has 0 spiro atoms. The van der Waals surface area contributed by atoms with Crippen molar-refractivity contribution in [1.82, 2.24) is 9.78 Å². The van der Waals surface area contributed by atoms with Crippen LogP contribution in [-0.4, -0.2) is 15.7 Å². The van der Waals surface area contributed by atoms with Crippen LogP contribution in [0, 0.1) is 6.92 Å². The molecule has 25 heavy (non-hydrogen) atoms. The van der Waals surface area contributed by atoms with Crippen LogP contribution in [0.5, 0.6) is 0 Å². The Morgan fingerprint density at radius 3 is 2.64 bits per heavy atom. The number of aryl methyl sites for hydroxylation is 2. The fraction of sp³-hybridized carbons (Fsp3) is 0.238. The predicted octanol–water partition coefficient (Wildman–Crippen LogP) is 3.85. The summed E-state index contributed by atoms with van der Waals surface area (Å²) in [5.74, 6) is 0.832. The molecule has 4 rings (SSSR count). The first-order chi connectivity index (χ1) is 12.2. The maximum absolute atomic E-state index is 12.7. The summed E-state index contributed by atoms with van der Waals surface area (Å²) in [6.07, 6.45) is 3.44. The van der Waals surface area contributed by atoms with Gasteiger partial charge in [0.2, 0.25) is 5.91 Å². The van der Waals surface area contributed by atoms with Gasteiger partial charge >= 0.3 is 0 Å². The Labute approximate surface area is 147 Å². The van der Waals surface area contributed by atoms with Crippen LogP contribution < -0.4 is 5.32 Å². The van der Waals surface area contributed by atoms with Gasteiger partial charge in [0.25, 0.3) is 0 Å². The summed E-state index contributed by atoms with van der Waals surface area (Å²) in [4.78, 5) is 12.7. The second-order valence-electron chi connectivity index (χ2n) is 6.53. The molecule has 1 heterocycles. The number of fused-ring (bicyclic) bond motifs is 1. The van der Waals surface area contributed by atoms with E-state index in [1.807, 2.05) is 66.2 Å². The van der Waals surface area contributed by atoms with Gasteiger partial charge in [0.05, 0.1) is 17.8 Å². The van der Waals surface area contributed by atoms with Crippen LogP contribution in [0.4, 0.5) is 5.82 Å². The quantitative estimate of drug-likeness (QED) is 0.789.